The van der Waals surface area contributed by atoms with Crippen molar-refractivity contribution in [2.24, 2.45) is 5.10 Å². The number of hydrogen-bond acceptors (Lipinski definition) is 7. The Morgan fingerprint density at radius 1 is 1.17 bits per heavy atom. The first kappa shape index (κ1) is 25.7. The van der Waals surface area contributed by atoms with Crippen LogP contribution in [0.2, 0.25) is 0 Å². The molecule has 1 aliphatic heterocycles. The van der Waals surface area contributed by atoms with E-state index in [1.54, 1.807) is 38.3 Å². The highest BCUT2D eigenvalue weighted by Gasteiger charge is 2.32. The Kier molecular flexibility index (Phi) is 8.80. The SMILES string of the molecule is CCOC(=O)C1=C(C)NC(=S)N[C@@H]1c1ccccc1OCC(=O)NN=Cc1ccc(N(C)C)cc1. The van der Waals surface area contributed by atoms with E-state index >= 15 is 0 Å². The molecular weight excluding hydrogens is 466 g/mol. The molecule has 0 aromatic heterocycles. The number of ether oxygens (including phenoxy) is 2. The Hall–Kier alpha value is -3.92. The summed E-state index contributed by atoms with van der Waals surface area (Å²) < 4.78 is 11.0. The van der Waals surface area contributed by atoms with Gasteiger partial charge in [-0.1, -0.05) is 30.3 Å². The van der Waals surface area contributed by atoms with Crippen molar-refractivity contribution in [2.75, 3.05) is 32.2 Å². The Bertz CT molecular complexity index is 1140. The van der Waals surface area contributed by atoms with E-state index in [2.05, 4.69) is 21.2 Å². The molecule has 3 N–H and O–H groups in total. The highest BCUT2D eigenvalue weighted by molar-refractivity contribution is 7.80. The summed E-state index contributed by atoms with van der Waals surface area (Å²) in [5.74, 6) is -0.451. The lowest BCUT2D eigenvalue weighted by Crippen LogP contribution is -2.45. The average Bonchev–Trinajstić information content (AvgIpc) is 2.83. The van der Waals surface area contributed by atoms with Crippen LogP contribution in [0.3, 0.4) is 0 Å². The molecule has 0 saturated carbocycles. The molecule has 1 atom stereocenters. The topological polar surface area (TPSA) is 104 Å². The standard InChI is InChI=1S/C25H29N5O4S/c1-5-33-24(32)22-16(2)27-25(35)28-23(22)19-8-6-7-9-20(19)34-15-21(31)29-26-14-17-10-12-18(13-11-17)30(3)4/h6-14,23H,5,15H2,1-4H3,(H,29,31)(H2,27,28,35)/t23-/m1/s1. The lowest BCUT2D eigenvalue weighted by molar-refractivity contribution is -0.139. The monoisotopic (exact) mass is 495 g/mol. The van der Waals surface area contributed by atoms with Crippen molar-refractivity contribution >= 4 is 41.1 Å². The number of amides is 1. The van der Waals surface area contributed by atoms with Gasteiger partial charge in [0.1, 0.15) is 5.75 Å². The van der Waals surface area contributed by atoms with Crippen molar-refractivity contribution in [3.8, 4) is 5.75 Å². The Morgan fingerprint density at radius 2 is 1.89 bits per heavy atom. The van der Waals surface area contributed by atoms with Crippen molar-refractivity contribution < 1.29 is 19.1 Å². The molecule has 10 heteroatoms. The zero-order valence-corrected chi connectivity index (χ0v) is 20.9. The van der Waals surface area contributed by atoms with Gasteiger partial charge in [-0.15, -0.1) is 0 Å². The summed E-state index contributed by atoms with van der Waals surface area (Å²) in [6, 6.07) is 14.3. The number of para-hydroxylation sites is 1. The second kappa shape index (κ2) is 12.0. The fourth-order valence-electron chi connectivity index (χ4n) is 3.47. The van der Waals surface area contributed by atoms with Gasteiger partial charge < -0.3 is 25.0 Å². The summed E-state index contributed by atoms with van der Waals surface area (Å²) in [4.78, 5) is 26.9. The minimum atomic E-state index is -0.592. The number of carbonyl (C=O) groups excluding carboxylic acids is 2. The number of benzene rings is 2. The van der Waals surface area contributed by atoms with Gasteiger partial charge in [-0.3, -0.25) is 4.79 Å². The van der Waals surface area contributed by atoms with Crippen LogP contribution < -0.4 is 25.7 Å². The number of nitrogens with one attached hydrogen (secondary N) is 3. The zero-order chi connectivity index (χ0) is 25.4. The fourth-order valence-corrected chi connectivity index (χ4v) is 3.74. The van der Waals surface area contributed by atoms with E-state index in [1.165, 1.54) is 0 Å². The van der Waals surface area contributed by atoms with Crippen LogP contribution in [-0.4, -0.2) is 50.5 Å². The molecule has 1 aliphatic rings. The first-order valence-corrected chi connectivity index (χ1v) is 11.5. The van der Waals surface area contributed by atoms with Crippen LogP contribution in [0.25, 0.3) is 0 Å². The molecule has 2 aromatic rings. The maximum Gasteiger partial charge on any atom is 0.338 e. The summed E-state index contributed by atoms with van der Waals surface area (Å²) in [5.41, 5.74) is 6.02. The van der Waals surface area contributed by atoms with E-state index < -0.39 is 17.9 Å². The van der Waals surface area contributed by atoms with Gasteiger partial charge in [0.15, 0.2) is 11.7 Å². The number of hydrazone groups is 1. The third-order valence-corrected chi connectivity index (χ3v) is 5.39. The number of allylic oxidation sites excluding steroid dienone is 1. The third-order valence-electron chi connectivity index (χ3n) is 5.17. The lowest BCUT2D eigenvalue weighted by Gasteiger charge is -2.30. The number of anilines is 1. The molecule has 0 unspecified atom stereocenters. The van der Waals surface area contributed by atoms with Crippen molar-refractivity contribution in [1.82, 2.24) is 16.1 Å². The zero-order valence-electron chi connectivity index (χ0n) is 20.1. The van der Waals surface area contributed by atoms with Crippen LogP contribution in [-0.2, 0) is 14.3 Å². The van der Waals surface area contributed by atoms with Crippen molar-refractivity contribution in [1.29, 1.82) is 0 Å². The molecule has 2 aromatic carbocycles. The smallest absolute Gasteiger partial charge is 0.338 e. The van der Waals surface area contributed by atoms with Crippen LogP contribution in [0.15, 0.2) is 64.9 Å². The molecular formula is C25H29N5O4S. The Labute approximate surface area is 210 Å². The number of nitrogens with zero attached hydrogens (tertiary/aromatic N) is 2. The quantitative estimate of drug-likeness (QED) is 0.211. The molecule has 35 heavy (non-hydrogen) atoms. The molecule has 0 fully saturated rings. The van der Waals surface area contributed by atoms with E-state index in [1.807, 2.05) is 49.3 Å². The van der Waals surface area contributed by atoms with Gasteiger partial charge in [-0.2, -0.15) is 5.10 Å². The maximum atomic E-state index is 12.6. The fraction of sp³-hybridized carbons (Fsp3) is 0.280. The molecule has 0 saturated heterocycles. The molecule has 1 heterocycles. The van der Waals surface area contributed by atoms with E-state index in [4.69, 9.17) is 21.7 Å². The Morgan fingerprint density at radius 3 is 2.57 bits per heavy atom. The average molecular weight is 496 g/mol. The number of carbonyl (C=O) groups is 2. The lowest BCUT2D eigenvalue weighted by atomic mass is 9.95. The summed E-state index contributed by atoms with van der Waals surface area (Å²) in [7, 11) is 3.93. The van der Waals surface area contributed by atoms with Crippen molar-refractivity contribution in [2.45, 2.75) is 19.9 Å². The molecule has 0 spiro atoms. The minimum absolute atomic E-state index is 0.241. The number of thiocarbonyl (C=S) groups is 1. The first-order valence-electron chi connectivity index (χ1n) is 11.1. The van der Waals surface area contributed by atoms with Gasteiger partial charge >= 0.3 is 5.97 Å². The van der Waals surface area contributed by atoms with Gasteiger partial charge in [0, 0.05) is 31.0 Å². The summed E-state index contributed by atoms with van der Waals surface area (Å²) in [6.45, 7) is 3.48. The van der Waals surface area contributed by atoms with E-state index in [9.17, 15) is 9.59 Å². The van der Waals surface area contributed by atoms with Gasteiger partial charge in [0.05, 0.1) is 24.4 Å². The Balaban J connectivity index is 1.68. The van der Waals surface area contributed by atoms with E-state index in [-0.39, 0.29) is 13.2 Å². The van der Waals surface area contributed by atoms with Crippen LogP contribution in [0.4, 0.5) is 5.69 Å². The molecule has 0 bridgehead atoms. The number of hydrogen-bond donors (Lipinski definition) is 3. The largest absolute Gasteiger partial charge is 0.483 e. The molecule has 184 valence electrons. The second-order valence-corrected chi connectivity index (χ2v) is 8.30. The molecule has 1 amide bonds. The first-order chi connectivity index (χ1) is 16.8. The van der Waals surface area contributed by atoms with Crippen LogP contribution in [0, 0.1) is 0 Å². The molecule has 0 radical (unpaired) electrons. The van der Waals surface area contributed by atoms with Crippen molar-refractivity contribution in [3.05, 3.63) is 70.9 Å². The van der Waals surface area contributed by atoms with Crippen LogP contribution in [0.5, 0.6) is 5.75 Å². The molecule has 3 rings (SSSR count). The summed E-state index contributed by atoms with van der Waals surface area (Å²) in [6.07, 6.45) is 1.56. The van der Waals surface area contributed by atoms with E-state index in [0.717, 1.165) is 11.3 Å². The van der Waals surface area contributed by atoms with Gasteiger partial charge in [0.2, 0.25) is 0 Å². The van der Waals surface area contributed by atoms with Crippen LogP contribution in [0.1, 0.15) is 31.0 Å². The predicted octanol–water partition coefficient (Wildman–Crippen LogP) is 2.64. The second-order valence-electron chi connectivity index (χ2n) is 7.90. The summed E-state index contributed by atoms with van der Waals surface area (Å²) >= 11 is 5.29. The van der Waals surface area contributed by atoms with Crippen LogP contribution >= 0.6 is 12.2 Å². The third kappa shape index (κ3) is 6.80. The highest BCUT2D eigenvalue weighted by atomic mass is 32.1. The van der Waals surface area contributed by atoms with E-state index in [0.29, 0.717) is 27.7 Å². The normalized spacial score (nSPS) is 15.3. The highest BCUT2D eigenvalue weighted by Crippen LogP contribution is 2.33. The van der Waals surface area contributed by atoms with Crippen molar-refractivity contribution in [3.63, 3.8) is 0 Å². The number of rotatable bonds is 9. The summed E-state index contributed by atoms with van der Waals surface area (Å²) in [5, 5.41) is 10.4. The van der Waals surface area contributed by atoms with Gasteiger partial charge in [0.25, 0.3) is 5.91 Å². The minimum Gasteiger partial charge on any atom is -0.483 e. The van der Waals surface area contributed by atoms with Gasteiger partial charge in [-0.05, 0) is 49.8 Å². The van der Waals surface area contributed by atoms with Gasteiger partial charge in [-0.25, -0.2) is 10.2 Å². The number of esters is 1. The maximum absolute atomic E-state index is 12.6. The predicted molar refractivity (Wildman–Crippen MR) is 139 cm³/mol. The molecule has 9 nitrogen and oxygen atoms in total. The molecule has 0 aliphatic carbocycles.